The lowest BCUT2D eigenvalue weighted by atomic mass is 9.97. The van der Waals surface area contributed by atoms with Gasteiger partial charge in [-0.15, -0.1) is 4.36 Å². The van der Waals surface area contributed by atoms with Crippen LogP contribution in [0.15, 0.2) is 33.0 Å². The fourth-order valence-corrected chi connectivity index (χ4v) is 5.83. The van der Waals surface area contributed by atoms with Gasteiger partial charge in [0.2, 0.25) is 0 Å². The largest absolute Gasteiger partial charge is 0.626 e. The number of rotatable bonds is 3. The molecule has 23 heavy (non-hydrogen) atoms. The molecule has 2 atom stereocenters. The van der Waals surface area contributed by atoms with Crippen molar-refractivity contribution in [3.63, 3.8) is 0 Å². The van der Waals surface area contributed by atoms with Gasteiger partial charge in [-0.2, -0.15) is 0 Å². The molecular formula is C18H25NO3S. The Morgan fingerprint density at radius 3 is 2.35 bits per heavy atom. The molecule has 4 nitrogen and oxygen atoms in total. The highest BCUT2D eigenvalue weighted by Crippen LogP contribution is 2.34. The van der Waals surface area contributed by atoms with E-state index in [0.717, 1.165) is 21.6 Å². The van der Waals surface area contributed by atoms with Gasteiger partial charge in [0.25, 0.3) is 0 Å². The minimum atomic E-state index is -2.58. The number of benzene rings is 1. The monoisotopic (exact) mass is 335 g/mol. The van der Waals surface area contributed by atoms with Crippen LogP contribution in [0.5, 0.6) is 0 Å². The van der Waals surface area contributed by atoms with E-state index in [0.29, 0.717) is 5.57 Å². The first kappa shape index (κ1) is 17.9. The van der Waals surface area contributed by atoms with Gasteiger partial charge in [0, 0.05) is 11.1 Å². The van der Waals surface area contributed by atoms with Crippen LogP contribution in [0.3, 0.4) is 0 Å². The minimum absolute atomic E-state index is 0.0764. The summed E-state index contributed by atoms with van der Waals surface area (Å²) in [5.74, 6) is -0.0513. The fraction of sp³-hybridized carbons (Fsp3) is 0.500. The summed E-state index contributed by atoms with van der Waals surface area (Å²) in [6.07, 6.45) is 1.75. The van der Waals surface area contributed by atoms with E-state index < -0.39 is 16.1 Å². The van der Waals surface area contributed by atoms with Crippen LogP contribution in [0.25, 0.3) is 0 Å². The van der Waals surface area contributed by atoms with E-state index >= 15 is 0 Å². The van der Waals surface area contributed by atoms with Crippen LogP contribution >= 0.6 is 0 Å². The molecule has 1 heterocycles. The van der Waals surface area contributed by atoms with Crippen molar-refractivity contribution in [3.8, 4) is 0 Å². The molecule has 2 rings (SSSR count). The maximum Gasteiger partial charge on any atom is 0.335 e. The van der Waals surface area contributed by atoms with Crippen molar-refractivity contribution in [1.82, 2.24) is 0 Å². The SMILES string of the molecule is COC(=O)C1=CC[S+]([O-])(c2c(C)cc(C)cc2C)=N[C@H]1C(C)C. The standard InChI is InChI=1S/C18H25NO3S/c1-11(2)16-15(18(20)22-6)7-8-23(21,19-16)17-13(4)9-12(3)10-14(17)5/h7,9-11,16H,8H2,1-6H3/t16-,23?/m0/s1. The van der Waals surface area contributed by atoms with Crippen LogP contribution in [0.2, 0.25) is 0 Å². The number of carbonyl (C=O) groups excluding carboxylic acids is 1. The van der Waals surface area contributed by atoms with Gasteiger partial charge in [-0.3, -0.25) is 0 Å². The highest BCUT2D eigenvalue weighted by molar-refractivity contribution is 8.00. The molecule has 1 aromatic carbocycles. The molecule has 0 aliphatic carbocycles. The zero-order valence-electron chi connectivity index (χ0n) is 14.7. The highest BCUT2D eigenvalue weighted by Gasteiger charge is 2.35. The summed E-state index contributed by atoms with van der Waals surface area (Å²) in [4.78, 5) is 12.8. The minimum Gasteiger partial charge on any atom is -0.626 e. The van der Waals surface area contributed by atoms with Crippen molar-refractivity contribution in [3.05, 3.63) is 40.5 Å². The molecule has 1 unspecified atom stereocenters. The molecule has 0 bridgehead atoms. The van der Waals surface area contributed by atoms with Crippen molar-refractivity contribution in [2.24, 2.45) is 10.3 Å². The van der Waals surface area contributed by atoms with E-state index in [9.17, 15) is 9.35 Å². The van der Waals surface area contributed by atoms with Crippen molar-refractivity contribution in [2.75, 3.05) is 12.9 Å². The molecule has 0 N–H and O–H groups in total. The lowest BCUT2D eigenvalue weighted by Crippen LogP contribution is -2.32. The molecule has 5 heteroatoms. The number of nitrogens with zero attached hydrogens (tertiary/aromatic N) is 1. The Kier molecular flexibility index (Phi) is 5.11. The number of hydrogen-bond donors (Lipinski definition) is 0. The average molecular weight is 335 g/mol. The molecule has 1 aromatic rings. The predicted octanol–water partition coefficient (Wildman–Crippen LogP) is 3.58. The lowest BCUT2D eigenvalue weighted by Gasteiger charge is -2.31. The second kappa shape index (κ2) is 6.57. The Morgan fingerprint density at radius 1 is 1.30 bits per heavy atom. The number of methoxy groups -OCH3 is 1. The summed E-state index contributed by atoms with van der Waals surface area (Å²) in [6.45, 7) is 9.93. The second-order valence-electron chi connectivity index (χ2n) is 6.48. The van der Waals surface area contributed by atoms with Crippen molar-refractivity contribution in [1.29, 1.82) is 0 Å². The van der Waals surface area contributed by atoms with Gasteiger partial charge in [0.05, 0.1) is 12.7 Å². The Hall–Kier alpha value is -1.46. The Labute approximate surface area is 139 Å². The van der Waals surface area contributed by atoms with Gasteiger partial charge < -0.3 is 9.29 Å². The molecule has 0 amide bonds. The molecule has 0 saturated carbocycles. The summed E-state index contributed by atoms with van der Waals surface area (Å²) in [5, 5.41) is 0. The van der Waals surface area contributed by atoms with E-state index in [1.807, 2.05) is 46.8 Å². The third-order valence-corrected chi connectivity index (χ3v) is 6.58. The molecule has 1 aliphatic heterocycles. The van der Waals surface area contributed by atoms with Crippen LogP contribution in [-0.4, -0.2) is 29.4 Å². The Morgan fingerprint density at radius 2 is 1.87 bits per heavy atom. The van der Waals surface area contributed by atoms with Crippen LogP contribution in [0, 0.1) is 26.7 Å². The van der Waals surface area contributed by atoms with E-state index in [4.69, 9.17) is 4.74 Å². The highest BCUT2D eigenvalue weighted by atomic mass is 32.3. The fourth-order valence-electron chi connectivity index (χ4n) is 3.22. The lowest BCUT2D eigenvalue weighted by molar-refractivity contribution is -0.136. The Balaban J connectivity index is 2.58. The number of carbonyl (C=O) groups is 1. The van der Waals surface area contributed by atoms with Crippen LogP contribution in [0.1, 0.15) is 30.5 Å². The molecular weight excluding hydrogens is 310 g/mol. The number of esters is 1. The van der Waals surface area contributed by atoms with Gasteiger partial charge in [-0.1, -0.05) is 31.5 Å². The Bertz CT molecular complexity index is 696. The number of ether oxygens (including phenoxy) is 1. The zero-order chi connectivity index (χ0) is 17.4. The van der Waals surface area contributed by atoms with E-state index in [2.05, 4.69) is 4.36 Å². The molecule has 0 fully saturated rings. The summed E-state index contributed by atoms with van der Waals surface area (Å²) in [7, 11) is -1.21. The van der Waals surface area contributed by atoms with Gasteiger partial charge in [-0.05, 0) is 42.9 Å². The second-order valence-corrected chi connectivity index (χ2v) is 8.71. The van der Waals surface area contributed by atoms with Crippen molar-refractivity contribution >= 4 is 16.1 Å². The summed E-state index contributed by atoms with van der Waals surface area (Å²) in [6, 6.07) is 3.67. The molecule has 0 aromatic heterocycles. The van der Waals surface area contributed by atoms with Crippen LogP contribution in [0.4, 0.5) is 0 Å². The van der Waals surface area contributed by atoms with E-state index in [-0.39, 0.29) is 17.6 Å². The maximum atomic E-state index is 13.6. The smallest absolute Gasteiger partial charge is 0.335 e. The molecule has 126 valence electrons. The van der Waals surface area contributed by atoms with Gasteiger partial charge in [0.15, 0.2) is 0 Å². The van der Waals surface area contributed by atoms with E-state index in [1.165, 1.54) is 7.11 Å². The normalized spacial score (nSPS) is 24.2. The number of hydrogen-bond acceptors (Lipinski definition) is 4. The average Bonchev–Trinajstić information content (AvgIpc) is 2.44. The van der Waals surface area contributed by atoms with Crippen LogP contribution < -0.4 is 0 Å². The van der Waals surface area contributed by atoms with E-state index in [1.54, 1.807) is 6.08 Å². The molecule has 0 spiro atoms. The van der Waals surface area contributed by atoms with Crippen molar-refractivity contribution < 1.29 is 14.1 Å². The quantitative estimate of drug-likeness (QED) is 0.626. The maximum absolute atomic E-state index is 13.6. The molecule has 1 aliphatic rings. The van der Waals surface area contributed by atoms with Crippen LogP contribution in [-0.2, 0) is 19.6 Å². The van der Waals surface area contributed by atoms with Gasteiger partial charge in [-0.25, -0.2) is 4.79 Å². The first-order chi connectivity index (χ1) is 10.7. The van der Waals surface area contributed by atoms with Gasteiger partial charge >= 0.3 is 5.97 Å². The molecule has 0 radical (unpaired) electrons. The third-order valence-electron chi connectivity index (χ3n) is 4.11. The van der Waals surface area contributed by atoms with Crippen molar-refractivity contribution in [2.45, 2.75) is 45.6 Å². The third kappa shape index (κ3) is 3.40. The summed E-state index contributed by atoms with van der Waals surface area (Å²) in [5.41, 5.74) is 3.65. The first-order valence-corrected chi connectivity index (χ1v) is 9.48. The number of aryl methyl sites for hydroxylation is 3. The molecule has 0 saturated heterocycles. The zero-order valence-corrected chi connectivity index (χ0v) is 15.5. The topological polar surface area (TPSA) is 61.7 Å². The summed E-state index contributed by atoms with van der Waals surface area (Å²) >= 11 is 0. The predicted molar refractivity (Wildman–Crippen MR) is 93.1 cm³/mol. The summed E-state index contributed by atoms with van der Waals surface area (Å²) < 4.78 is 23.1. The first-order valence-electron chi connectivity index (χ1n) is 7.80. The van der Waals surface area contributed by atoms with Gasteiger partial charge in [0.1, 0.15) is 16.7 Å².